The van der Waals surface area contributed by atoms with Gasteiger partial charge in [-0.25, -0.2) is 4.98 Å². The van der Waals surface area contributed by atoms with Gasteiger partial charge in [0.05, 0.1) is 25.5 Å². The molecule has 3 aromatic rings. The monoisotopic (exact) mass is 391 g/mol. The topological polar surface area (TPSA) is 74.3 Å². The molecule has 3 N–H and O–H groups in total. The third-order valence-corrected chi connectivity index (χ3v) is 4.91. The van der Waals surface area contributed by atoms with Gasteiger partial charge in [0, 0.05) is 13.6 Å². The van der Waals surface area contributed by atoms with Crippen LogP contribution in [0, 0.1) is 0 Å². The summed E-state index contributed by atoms with van der Waals surface area (Å²) in [6.07, 6.45) is 2.87. The second-order valence-corrected chi connectivity index (χ2v) is 6.93. The summed E-state index contributed by atoms with van der Waals surface area (Å²) in [5, 5.41) is 6.68. The lowest BCUT2D eigenvalue weighted by Gasteiger charge is -2.15. The molecule has 0 amide bonds. The minimum absolute atomic E-state index is 0.449. The van der Waals surface area contributed by atoms with Gasteiger partial charge in [-0.2, -0.15) is 0 Å². The normalized spacial score (nSPS) is 12.4. The SMILES string of the molecule is CN=C(NCCC(C)c1ccc(OC)cc1)NCc1ncc(-c2ccccc2)[nH]1. The molecule has 1 heterocycles. The Bertz CT molecular complexity index is 903. The van der Waals surface area contributed by atoms with Gasteiger partial charge in [0.25, 0.3) is 0 Å². The van der Waals surface area contributed by atoms with Crippen molar-refractivity contribution in [3.05, 3.63) is 72.2 Å². The maximum Gasteiger partial charge on any atom is 0.191 e. The Labute approximate surface area is 172 Å². The van der Waals surface area contributed by atoms with Crippen LogP contribution in [-0.2, 0) is 6.54 Å². The van der Waals surface area contributed by atoms with Crippen LogP contribution in [0.1, 0.15) is 30.7 Å². The first-order valence-electron chi connectivity index (χ1n) is 9.87. The number of benzene rings is 2. The summed E-state index contributed by atoms with van der Waals surface area (Å²) in [6, 6.07) is 18.4. The summed E-state index contributed by atoms with van der Waals surface area (Å²) in [5.41, 5.74) is 3.44. The average Bonchev–Trinajstić information content (AvgIpc) is 3.25. The van der Waals surface area contributed by atoms with Gasteiger partial charge in [0.1, 0.15) is 11.6 Å². The van der Waals surface area contributed by atoms with E-state index in [1.54, 1.807) is 14.2 Å². The number of nitrogens with one attached hydrogen (secondary N) is 3. The molecule has 6 heteroatoms. The third kappa shape index (κ3) is 5.85. The molecule has 0 aliphatic rings. The highest BCUT2D eigenvalue weighted by atomic mass is 16.5. The van der Waals surface area contributed by atoms with Crippen LogP contribution in [-0.4, -0.2) is 36.6 Å². The first-order valence-corrected chi connectivity index (χ1v) is 9.87. The van der Waals surface area contributed by atoms with Crippen LogP contribution < -0.4 is 15.4 Å². The number of H-pyrrole nitrogens is 1. The standard InChI is InChI=1S/C23H29N5O/c1-17(18-9-11-20(29-3)12-10-18)13-14-25-23(24-2)27-16-22-26-15-21(28-22)19-7-5-4-6-8-19/h4-12,15,17H,13-14,16H2,1-3H3,(H,26,28)(H2,24,25,27). The fourth-order valence-corrected chi connectivity index (χ4v) is 3.11. The Morgan fingerprint density at radius 1 is 1.10 bits per heavy atom. The molecule has 1 aromatic heterocycles. The van der Waals surface area contributed by atoms with Crippen LogP contribution in [0.15, 0.2) is 65.8 Å². The van der Waals surface area contributed by atoms with Gasteiger partial charge in [-0.05, 0) is 35.6 Å². The fraction of sp³-hybridized carbons (Fsp3) is 0.304. The zero-order valence-electron chi connectivity index (χ0n) is 17.3. The molecular weight excluding hydrogens is 362 g/mol. The minimum atomic E-state index is 0.449. The summed E-state index contributed by atoms with van der Waals surface area (Å²) >= 11 is 0. The van der Waals surface area contributed by atoms with Crippen molar-refractivity contribution in [2.24, 2.45) is 4.99 Å². The first-order chi connectivity index (χ1) is 14.2. The smallest absolute Gasteiger partial charge is 0.191 e. The van der Waals surface area contributed by atoms with E-state index in [2.05, 4.69) is 56.8 Å². The summed E-state index contributed by atoms with van der Waals surface area (Å²) in [4.78, 5) is 12.1. The quantitative estimate of drug-likeness (QED) is 0.402. The first kappa shape index (κ1) is 20.5. The van der Waals surface area contributed by atoms with Gasteiger partial charge in [0.2, 0.25) is 0 Å². The lowest BCUT2D eigenvalue weighted by atomic mass is 9.98. The average molecular weight is 392 g/mol. The molecule has 29 heavy (non-hydrogen) atoms. The van der Waals surface area contributed by atoms with Crippen LogP contribution >= 0.6 is 0 Å². The van der Waals surface area contributed by atoms with E-state index in [-0.39, 0.29) is 0 Å². The number of imidazole rings is 1. The number of hydrogen-bond acceptors (Lipinski definition) is 3. The van der Waals surface area contributed by atoms with E-state index in [0.717, 1.165) is 41.8 Å². The van der Waals surface area contributed by atoms with E-state index in [4.69, 9.17) is 4.74 Å². The van der Waals surface area contributed by atoms with E-state index in [1.807, 2.05) is 36.5 Å². The Balaban J connectivity index is 1.44. The van der Waals surface area contributed by atoms with E-state index < -0.39 is 0 Å². The maximum absolute atomic E-state index is 5.22. The van der Waals surface area contributed by atoms with E-state index in [0.29, 0.717) is 12.5 Å². The Kier molecular flexibility index (Phi) is 7.28. The molecule has 6 nitrogen and oxygen atoms in total. The third-order valence-electron chi connectivity index (χ3n) is 4.91. The van der Waals surface area contributed by atoms with Gasteiger partial charge in [0.15, 0.2) is 5.96 Å². The predicted molar refractivity (Wildman–Crippen MR) is 118 cm³/mol. The van der Waals surface area contributed by atoms with Gasteiger partial charge in [-0.15, -0.1) is 0 Å². The Morgan fingerprint density at radius 3 is 2.55 bits per heavy atom. The maximum atomic E-state index is 5.22. The second kappa shape index (κ2) is 10.3. The van der Waals surface area contributed by atoms with E-state index >= 15 is 0 Å². The highest BCUT2D eigenvalue weighted by molar-refractivity contribution is 5.79. The Hall–Kier alpha value is -3.28. The largest absolute Gasteiger partial charge is 0.497 e. The molecule has 0 saturated carbocycles. The number of methoxy groups -OCH3 is 1. The van der Waals surface area contributed by atoms with E-state index in [1.165, 1.54) is 5.56 Å². The molecular formula is C23H29N5O. The van der Waals surface area contributed by atoms with Crippen LogP contribution in [0.5, 0.6) is 5.75 Å². The number of nitrogens with zero attached hydrogens (tertiary/aromatic N) is 2. The number of ether oxygens (including phenoxy) is 1. The zero-order chi connectivity index (χ0) is 20.5. The van der Waals surface area contributed by atoms with Crippen molar-refractivity contribution >= 4 is 5.96 Å². The van der Waals surface area contributed by atoms with Gasteiger partial charge in [-0.1, -0.05) is 49.4 Å². The van der Waals surface area contributed by atoms with Crippen LogP contribution in [0.25, 0.3) is 11.3 Å². The molecule has 0 bridgehead atoms. The summed E-state index contributed by atoms with van der Waals surface area (Å²) in [7, 11) is 3.46. The van der Waals surface area contributed by atoms with Crippen molar-refractivity contribution in [3.8, 4) is 17.0 Å². The van der Waals surface area contributed by atoms with Crippen molar-refractivity contribution in [2.45, 2.75) is 25.8 Å². The number of aromatic nitrogens is 2. The molecule has 2 aromatic carbocycles. The van der Waals surface area contributed by atoms with E-state index in [9.17, 15) is 0 Å². The van der Waals surface area contributed by atoms with Crippen molar-refractivity contribution in [3.63, 3.8) is 0 Å². The number of aromatic amines is 1. The highest BCUT2D eigenvalue weighted by Crippen LogP contribution is 2.21. The number of rotatable bonds is 8. The molecule has 1 unspecified atom stereocenters. The van der Waals surface area contributed by atoms with Gasteiger partial charge in [-0.3, -0.25) is 4.99 Å². The molecule has 0 aliphatic heterocycles. The molecule has 0 spiro atoms. The summed E-state index contributed by atoms with van der Waals surface area (Å²) in [5.74, 6) is 2.98. The predicted octanol–water partition coefficient (Wildman–Crippen LogP) is 3.94. The molecule has 3 rings (SSSR count). The summed E-state index contributed by atoms with van der Waals surface area (Å²) in [6.45, 7) is 3.65. The van der Waals surface area contributed by atoms with Crippen molar-refractivity contribution in [1.82, 2.24) is 20.6 Å². The molecule has 0 fully saturated rings. The van der Waals surface area contributed by atoms with Gasteiger partial charge >= 0.3 is 0 Å². The molecule has 0 aliphatic carbocycles. The molecule has 0 radical (unpaired) electrons. The minimum Gasteiger partial charge on any atom is -0.497 e. The Morgan fingerprint density at radius 2 is 1.86 bits per heavy atom. The highest BCUT2D eigenvalue weighted by Gasteiger charge is 2.07. The number of hydrogen-bond donors (Lipinski definition) is 3. The van der Waals surface area contributed by atoms with Crippen LogP contribution in [0.3, 0.4) is 0 Å². The lowest BCUT2D eigenvalue weighted by Crippen LogP contribution is -2.37. The van der Waals surface area contributed by atoms with Crippen molar-refractivity contribution in [1.29, 1.82) is 0 Å². The van der Waals surface area contributed by atoms with Crippen molar-refractivity contribution in [2.75, 3.05) is 20.7 Å². The van der Waals surface area contributed by atoms with Crippen LogP contribution in [0.4, 0.5) is 0 Å². The zero-order valence-corrected chi connectivity index (χ0v) is 17.3. The molecule has 152 valence electrons. The lowest BCUT2D eigenvalue weighted by molar-refractivity contribution is 0.414. The van der Waals surface area contributed by atoms with Crippen molar-refractivity contribution < 1.29 is 4.74 Å². The molecule has 1 atom stereocenters. The second-order valence-electron chi connectivity index (χ2n) is 6.93. The number of guanidine groups is 1. The summed E-state index contributed by atoms with van der Waals surface area (Å²) < 4.78 is 5.22. The molecule has 0 saturated heterocycles. The fourth-order valence-electron chi connectivity index (χ4n) is 3.11. The van der Waals surface area contributed by atoms with Crippen LogP contribution in [0.2, 0.25) is 0 Å². The number of aliphatic imine (C=N–C) groups is 1. The van der Waals surface area contributed by atoms with Gasteiger partial charge < -0.3 is 20.4 Å².